The van der Waals surface area contributed by atoms with Crippen molar-refractivity contribution in [3.8, 4) is 17.2 Å². The highest BCUT2D eigenvalue weighted by Crippen LogP contribution is 2.49. The molecule has 0 saturated carbocycles. The Bertz CT molecular complexity index is 1970. The molecule has 0 aliphatic carbocycles. The van der Waals surface area contributed by atoms with Crippen molar-refractivity contribution in [2.45, 2.75) is 88.9 Å². The summed E-state index contributed by atoms with van der Waals surface area (Å²) in [7, 11) is -6.70. The number of nitrogens with zero attached hydrogens (tertiary/aromatic N) is 1. The van der Waals surface area contributed by atoms with Crippen molar-refractivity contribution in [2.24, 2.45) is 11.8 Å². The zero-order valence-corrected chi connectivity index (χ0v) is 36.4. The zero-order chi connectivity index (χ0) is 43.3. The van der Waals surface area contributed by atoms with E-state index in [2.05, 4.69) is 5.32 Å². The number of esters is 1. The number of carbonyl (C=O) groups is 2. The minimum Gasteiger partial charge on any atom is -0.497 e. The fourth-order valence-corrected chi connectivity index (χ4v) is 9.73. The summed E-state index contributed by atoms with van der Waals surface area (Å²) >= 11 is 0. The fraction of sp³-hybridized carbons (Fsp3) is 0.524. The van der Waals surface area contributed by atoms with E-state index >= 15 is 0 Å². The highest BCUT2D eigenvalue weighted by molar-refractivity contribution is 7.89. The molecule has 0 radical (unpaired) electrons. The number of hydrogen-bond donors (Lipinski definition) is 2. The van der Waals surface area contributed by atoms with Crippen LogP contribution < -0.4 is 19.3 Å². The first kappa shape index (κ1) is 46.8. The van der Waals surface area contributed by atoms with E-state index in [1.165, 1.54) is 30.5 Å². The quantitative estimate of drug-likeness (QED) is 0.0625. The van der Waals surface area contributed by atoms with Crippen molar-refractivity contribution >= 4 is 29.7 Å². The molecule has 0 spiro atoms. The Balaban J connectivity index is 1.31. The van der Waals surface area contributed by atoms with Crippen LogP contribution in [0.2, 0.25) is 0 Å². The summed E-state index contributed by atoms with van der Waals surface area (Å²) in [6.07, 6.45) is -2.72. The second-order valence-corrected chi connectivity index (χ2v) is 18.9. The van der Waals surface area contributed by atoms with E-state index in [0.29, 0.717) is 30.8 Å². The lowest BCUT2D eigenvalue weighted by Gasteiger charge is -2.31. The van der Waals surface area contributed by atoms with Crippen molar-refractivity contribution in [2.75, 3.05) is 46.4 Å². The molecule has 7 atom stereocenters. The number of sulfonamides is 1. The Morgan fingerprint density at radius 1 is 0.950 bits per heavy atom. The van der Waals surface area contributed by atoms with Crippen LogP contribution in [0.15, 0.2) is 83.8 Å². The maximum absolute atomic E-state index is 14.0. The molecule has 3 aromatic rings. The molecule has 2 fully saturated rings. The van der Waals surface area contributed by atoms with Crippen molar-refractivity contribution in [3.05, 3.63) is 84.4 Å². The Morgan fingerprint density at radius 3 is 2.32 bits per heavy atom. The van der Waals surface area contributed by atoms with Gasteiger partial charge >= 0.3 is 19.7 Å². The van der Waals surface area contributed by atoms with Gasteiger partial charge in [0.05, 0.1) is 49.9 Å². The van der Waals surface area contributed by atoms with Crippen molar-refractivity contribution < 1.29 is 65.1 Å². The van der Waals surface area contributed by atoms with Crippen LogP contribution in [0.5, 0.6) is 17.2 Å². The van der Waals surface area contributed by atoms with Crippen LogP contribution in [0.1, 0.15) is 52.5 Å². The number of amides is 1. The van der Waals surface area contributed by atoms with E-state index in [1.54, 1.807) is 66.7 Å². The molecule has 18 heteroatoms. The topological polar surface area (TPSA) is 195 Å². The summed E-state index contributed by atoms with van der Waals surface area (Å²) < 4.78 is 87.7. The van der Waals surface area contributed by atoms with Gasteiger partial charge in [-0.1, -0.05) is 57.5 Å². The number of methoxy groups -OCH3 is 1. The predicted molar refractivity (Wildman–Crippen MR) is 220 cm³/mol. The molecule has 16 nitrogen and oxygen atoms in total. The second kappa shape index (κ2) is 22.0. The number of para-hydroxylation sites is 1. The maximum Gasteiger partial charge on any atom is 0.417 e. The number of fused-ring (bicyclic) bond motifs is 1. The lowest BCUT2D eigenvalue weighted by Crippen LogP contribution is -2.51. The van der Waals surface area contributed by atoms with Gasteiger partial charge in [0.2, 0.25) is 16.4 Å². The Labute approximate surface area is 352 Å². The zero-order valence-electron chi connectivity index (χ0n) is 34.7. The SMILES string of the molecule is CCCCOC(=O)[C@H](C)OP(=O)(COc1ccc(C[C@H](NC(=O)O[C@H]2COC3OCCC32)[C@H](O)CN(CC(C)C)S(=O)(=O)c2ccc(OC)cc2)cc1)Oc1ccccc1. The molecule has 5 rings (SSSR count). The second-order valence-electron chi connectivity index (χ2n) is 15.1. The summed E-state index contributed by atoms with van der Waals surface area (Å²) in [5, 5.41) is 14.5. The summed E-state index contributed by atoms with van der Waals surface area (Å²) in [4.78, 5) is 26.0. The lowest BCUT2D eigenvalue weighted by molar-refractivity contribution is -0.151. The number of aliphatic hydroxyl groups excluding tert-OH is 1. The van der Waals surface area contributed by atoms with E-state index in [0.717, 1.165) is 6.42 Å². The first-order chi connectivity index (χ1) is 28.7. The van der Waals surface area contributed by atoms with E-state index < -0.39 is 66.7 Å². The van der Waals surface area contributed by atoms with Crippen LogP contribution in [0, 0.1) is 11.8 Å². The standard InChI is InChI=1S/C42H57N2O14PS/c1-6-7-22-52-40(46)30(4)57-59(48,58-34-11-9-8-10-12-34)28-55-33-15-13-31(14-16-33)24-37(43-42(47)56-39-27-54-41-36(39)21-23-53-41)38(45)26-44(25-29(2)3)60(49,50)35-19-17-32(51-5)18-20-35/h8-20,29-30,36-39,41,45H,6-7,21-28H2,1-5H3,(H,43,47)/t30-,36?,37-,38+,39-,41?,59?/m0/s1. The van der Waals surface area contributed by atoms with Crippen molar-refractivity contribution in [3.63, 3.8) is 0 Å². The Hall–Kier alpha value is -4.22. The lowest BCUT2D eigenvalue weighted by atomic mass is 10.0. The number of carbonyl (C=O) groups excluding carboxylic acids is 2. The largest absolute Gasteiger partial charge is 0.497 e. The van der Waals surface area contributed by atoms with Gasteiger partial charge in [0.1, 0.15) is 23.4 Å². The van der Waals surface area contributed by atoms with E-state index in [1.807, 2.05) is 20.8 Å². The molecule has 1 amide bonds. The van der Waals surface area contributed by atoms with Gasteiger partial charge in [-0.05, 0) is 86.2 Å². The number of aliphatic hydroxyl groups is 1. The Morgan fingerprint density at radius 2 is 1.65 bits per heavy atom. The van der Waals surface area contributed by atoms with Gasteiger partial charge in [0, 0.05) is 13.1 Å². The smallest absolute Gasteiger partial charge is 0.417 e. The molecule has 2 saturated heterocycles. The highest BCUT2D eigenvalue weighted by Gasteiger charge is 2.44. The normalized spacial score (nSPS) is 20.1. The van der Waals surface area contributed by atoms with Crippen LogP contribution >= 0.6 is 7.60 Å². The number of nitrogens with one attached hydrogen (secondary N) is 1. The van der Waals surface area contributed by atoms with Crippen LogP contribution in [0.4, 0.5) is 4.79 Å². The molecule has 2 aliphatic rings. The van der Waals surface area contributed by atoms with Gasteiger partial charge in [-0.3, -0.25) is 4.52 Å². The molecule has 60 heavy (non-hydrogen) atoms. The van der Waals surface area contributed by atoms with Crippen LogP contribution in [-0.4, -0.2) is 107 Å². The third kappa shape index (κ3) is 13.4. The summed E-state index contributed by atoms with van der Waals surface area (Å²) in [6.45, 7) is 7.73. The molecule has 3 aromatic carbocycles. The summed E-state index contributed by atoms with van der Waals surface area (Å²) in [5.41, 5.74) is 0.636. The predicted octanol–water partition coefficient (Wildman–Crippen LogP) is 6.16. The molecule has 2 heterocycles. The third-order valence-electron chi connectivity index (χ3n) is 9.82. The van der Waals surface area contributed by atoms with Crippen molar-refractivity contribution in [1.29, 1.82) is 0 Å². The molecule has 0 aromatic heterocycles. The molecular formula is C42H57N2O14PS. The van der Waals surface area contributed by atoms with E-state index in [4.69, 9.17) is 37.5 Å². The number of unbranched alkanes of at least 4 members (excludes halogenated alkanes) is 1. The summed E-state index contributed by atoms with van der Waals surface area (Å²) in [5.74, 6) is 0.124. The van der Waals surface area contributed by atoms with Crippen LogP contribution in [0.3, 0.4) is 0 Å². The molecule has 3 unspecified atom stereocenters. The number of hydrogen-bond acceptors (Lipinski definition) is 14. The number of benzene rings is 3. The van der Waals surface area contributed by atoms with Crippen molar-refractivity contribution in [1.82, 2.24) is 9.62 Å². The average Bonchev–Trinajstić information content (AvgIpc) is 3.85. The monoisotopic (exact) mass is 876 g/mol. The molecule has 2 aliphatic heterocycles. The molecular weight excluding hydrogens is 820 g/mol. The summed E-state index contributed by atoms with van der Waals surface area (Å²) in [6, 6.07) is 19.9. The van der Waals surface area contributed by atoms with Gasteiger partial charge in [-0.25, -0.2) is 22.6 Å². The van der Waals surface area contributed by atoms with Gasteiger partial charge in [-0.2, -0.15) is 4.31 Å². The number of alkyl carbamates (subject to hydrolysis) is 1. The molecule has 330 valence electrons. The fourth-order valence-electron chi connectivity index (χ4n) is 6.63. The van der Waals surface area contributed by atoms with Crippen LogP contribution in [-0.2, 0) is 49.3 Å². The first-order valence-corrected chi connectivity index (χ1v) is 23.3. The Kier molecular flexibility index (Phi) is 17.2. The van der Waals surface area contributed by atoms with Gasteiger partial charge in [0.25, 0.3) is 0 Å². The maximum atomic E-state index is 14.0. The minimum absolute atomic E-state index is 0.0238. The number of rotatable bonds is 23. The average molecular weight is 877 g/mol. The highest BCUT2D eigenvalue weighted by atomic mass is 32.2. The minimum atomic E-state index is -4.10. The van der Waals surface area contributed by atoms with Gasteiger partial charge in [-0.15, -0.1) is 0 Å². The van der Waals surface area contributed by atoms with E-state index in [-0.39, 0.29) is 61.0 Å². The number of ether oxygens (including phenoxy) is 6. The molecule has 2 N–H and O–H groups in total. The van der Waals surface area contributed by atoms with Gasteiger partial charge < -0.3 is 43.4 Å². The first-order valence-electron chi connectivity index (χ1n) is 20.1. The molecule has 0 bridgehead atoms. The third-order valence-corrected chi connectivity index (χ3v) is 13.2. The van der Waals surface area contributed by atoms with Crippen LogP contribution in [0.25, 0.3) is 0 Å². The van der Waals surface area contributed by atoms with E-state index in [9.17, 15) is 27.7 Å². The van der Waals surface area contributed by atoms with Gasteiger partial charge in [0.15, 0.2) is 12.4 Å².